The highest BCUT2D eigenvalue weighted by Crippen LogP contribution is 2.24. The lowest BCUT2D eigenvalue weighted by molar-refractivity contribution is 0.0716. The molecular weight excluding hydrogens is 172 g/mol. The fourth-order valence-corrected chi connectivity index (χ4v) is 1.48. The van der Waals surface area contributed by atoms with E-state index in [1.165, 1.54) is 0 Å². The van der Waals surface area contributed by atoms with Gasteiger partial charge in [0.25, 0.3) is 0 Å². The maximum Gasteiger partial charge on any atom is 0.0601 e. The van der Waals surface area contributed by atoms with Crippen molar-refractivity contribution in [2.45, 2.75) is 59.7 Å². The molecule has 0 aliphatic carbocycles. The molecule has 1 unspecified atom stereocenters. The molecular formula is C12H28N2. The second-order valence-corrected chi connectivity index (χ2v) is 6.35. The molecule has 14 heavy (non-hydrogen) atoms. The molecule has 0 rings (SSSR count). The first kappa shape index (κ1) is 13.9. The highest BCUT2D eigenvalue weighted by atomic mass is 15.3. The van der Waals surface area contributed by atoms with Gasteiger partial charge in [0.05, 0.1) is 6.17 Å². The van der Waals surface area contributed by atoms with Crippen LogP contribution in [-0.2, 0) is 0 Å². The van der Waals surface area contributed by atoms with Crippen molar-refractivity contribution in [3.05, 3.63) is 0 Å². The van der Waals surface area contributed by atoms with E-state index >= 15 is 0 Å². The van der Waals surface area contributed by atoms with E-state index in [4.69, 9.17) is 0 Å². The third kappa shape index (κ3) is 4.97. The summed E-state index contributed by atoms with van der Waals surface area (Å²) in [6.45, 7) is 13.6. The summed E-state index contributed by atoms with van der Waals surface area (Å²) in [6, 6.07) is 0. The molecule has 0 aromatic carbocycles. The first-order chi connectivity index (χ1) is 6.08. The predicted octanol–water partition coefficient (Wildman–Crippen LogP) is 2.70. The molecule has 2 nitrogen and oxygen atoms in total. The molecule has 0 spiro atoms. The molecule has 0 bridgehead atoms. The minimum Gasteiger partial charge on any atom is -0.305 e. The smallest absolute Gasteiger partial charge is 0.0601 e. The van der Waals surface area contributed by atoms with Gasteiger partial charge in [0, 0.05) is 5.54 Å². The van der Waals surface area contributed by atoms with Crippen LogP contribution in [0.15, 0.2) is 0 Å². The maximum absolute atomic E-state index is 3.39. The Kier molecular flexibility index (Phi) is 4.60. The molecule has 1 atom stereocenters. The largest absolute Gasteiger partial charge is 0.305 e. The second-order valence-electron chi connectivity index (χ2n) is 6.35. The molecule has 0 aliphatic rings. The quantitative estimate of drug-likeness (QED) is 0.705. The van der Waals surface area contributed by atoms with Gasteiger partial charge in [-0.25, -0.2) is 0 Å². The zero-order chi connectivity index (χ0) is 11.6. The van der Waals surface area contributed by atoms with E-state index in [0.29, 0.717) is 11.6 Å². The summed E-state index contributed by atoms with van der Waals surface area (Å²) in [7, 11) is 4.23. The van der Waals surface area contributed by atoms with Crippen molar-refractivity contribution >= 4 is 0 Å². The van der Waals surface area contributed by atoms with Crippen LogP contribution in [0, 0.1) is 5.41 Å². The summed E-state index contributed by atoms with van der Waals surface area (Å²) in [5.74, 6) is 0. The van der Waals surface area contributed by atoms with Gasteiger partial charge in [0.15, 0.2) is 0 Å². The van der Waals surface area contributed by atoms with Gasteiger partial charge in [0.2, 0.25) is 0 Å². The van der Waals surface area contributed by atoms with E-state index in [2.05, 4.69) is 58.8 Å². The Morgan fingerprint density at radius 1 is 1.07 bits per heavy atom. The zero-order valence-electron chi connectivity index (χ0n) is 11.2. The maximum atomic E-state index is 3.39. The lowest BCUT2D eigenvalue weighted by Gasteiger charge is -2.41. The summed E-state index contributed by atoms with van der Waals surface area (Å²) in [4.78, 5) is 2.40. The monoisotopic (exact) mass is 200 g/mol. The Balaban J connectivity index is 4.42. The van der Waals surface area contributed by atoms with Crippen LogP contribution in [0.5, 0.6) is 0 Å². The van der Waals surface area contributed by atoms with Crippen LogP contribution in [0.3, 0.4) is 0 Å². The van der Waals surface area contributed by atoms with Crippen molar-refractivity contribution in [1.29, 1.82) is 0 Å². The molecule has 86 valence electrons. The molecule has 0 saturated carbocycles. The standard InChI is InChI=1S/C12H28N2/c1-11(2,3)9-10(13-7)14(8)12(4,5)6/h10,13H,9H2,1-8H3. The molecule has 0 radical (unpaired) electrons. The van der Waals surface area contributed by atoms with Gasteiger partial charge in [-0.1, -0.05) is 20.8 Å². The second kappa shape index (κ2) is 4.63. The van der Waals surface area contributed by atoms with Crippen molar-refractivity contribution in [1.82, 2.24) is 10.2 Å². The number of hydrogen-bond acceptors (Lipinski definition) is 2. The lowest BCUT2D eigenvalue weighted by atomic mass is 9.89. The normalized spacial score (nSPS) is 16.1. The third-order valence-electron chi connectivity index (χ3n) is 2.66. The van der Waals surface area contributed by atoms with E-state index in [-0.39, 0.29) is 5.54 Å². The zero-order valence-corrected chi connectivity index (χ0v) is 11.2. The Morgan fingerprint density at radius 3 is 1.71 bits per heavy atom. The Bertz CT molecular complexity index is 162. The number of nitrogens with zero attached hydrogens (tertiary/aromatic N) is 1. The average Bonchev–Trinajstić information content (AvgIpc) is 1.95. The topological polar surface area (TPSA) is 15.3 Å². The summed E-state index contributed by atoms with van der Waals surface area (Å²) < 4.78 is 0. The average molecular weight is 200 g/mol. The van der Waals surface area contributed by atoms with Gasteiger partial charge in [-0.2, -0.15) is 0 Å². The van der Waals surface area contributed by atoms with Crippen LogP contribution in [0.25, 0.3) is 0 Å². The van der Waals surface area contributed by atoms with E-state index < -0.39 is 0 Å². The van der Waals surface area contributed by atoms with Gasteiger partial charge in [-0.3, -0.25) is 4.90 Å². The summed E-state index contributed by atoms with van der Waals surface area (Å²) in [5, 5.41) is 3.39. The number of nitrogens with one attached hydrogen (secondary N) is 1. The molecule has 0 aromatic rings. The number of rotatable bonds is 3. The Hall–Kier alpha value is -0.0800. The van der Waals surface area contributed by atoms with Crippen molar-refractivity contribution in [2.24, 2.45) is 5.41 Å². The third-order valence-corrected chi connectivity index (χ3v) is 2.66. The van der Waals surface area contributed by atoms with Crippen LogP contribution in [-0.4, -0.2) is 30.7 Å². The van der Waals surface area contributed by atoms with Crippen molar-refractivity contribution in [3.8, 4) is 0 Å². The minimum absolute atomic E-state index is 0.221. The molecule has 2 heteroatoms. The first-order valence-corrected chi connectivity index (χ1v) is 5.48. The van der Waals surface area contributed by atoms with Crippen LogP contribution >= 0.6 is 0 Å². The highest BCUT2D eigenvalue weighted by molar-refractivity contribution is 4.81. The van der Waals surface area contributed by atoms with Crippen LogP contribution in [0.4, 0.5) is 0 Å². The lowest BCUT2D eigenvalue weighted by Crippen LogP contribution is -2.52. The number of hydrogen-bond donors (Lipinski definition) is 1. The first-order valence-electron chi connectivity index (χ1n) is 5.48. The molecule has 0 aromatic heterocycles. The van der Waals surface area contributed by atoms with E-state index in [1.54, 1.807) is 0 Å². The SMILES string of the molecule is CNC(CC(C)(C)C)N(C)C(C)(C)C. The van der Waals surface area contributed by atoms with Gasteiger partial charge in [-0.15, -0.1) is 0 Å². The van der Waals surface area contributed by atoms with Crippen LogP contribution < -0.4 is 5.32 Å². The molecule has 0 heterocycles. The molecule has 0 fully saturated rings. The summed E-state index contributed by atoms with van der Waals surface area (Å²) in [6.07, 6.45) is 1.62. The van der Waals surface area contributed by atoms with Gasteiger partial charge < -0.3 is 5.32 Å². The Morgan fingerprint density at radius 2 is 1.50 bits per heavy atom. The van der Waals surface area contributed by atoms with Crippen LogP contribution in [0.1, 0.15) is 48.0 Å². The van der Waals surface area contributed by atoms with Crippen molar-refractivity contribution in [2.75, 3.05) is 14.1 Å². The Labute approximate surface area is 90.1 Å². The molecule has 0 amide bonds. The summed E-state index contributed by atoms with van der Waals surface area (Å²) in [5.41, 5.74) is 0.589. The van der Waals surface area contributed by atoms with E-state index in [0.717, 1.165) is 6.42 Å². The van der Waals surface area contributed by atoms with Gasteiger partial charge >= 0.3 is 0 Å². The van der Waals surface area contributed by atoms with Gasteiger partial charge in [-0.05, 0) is 46.7 Å². The fourth-order valence-electron chi connectivity index (χ4n) is 1.48. The molecule has 0 aliphatic heterocycles. The van der Waals surface area contributed by atoms with Crippen molar-refractivity contribution in [3.63, 3.8) is 0 Å². The fraction of sp³-hybridized carbons (Fsp3) is 1.00. The van der Waals surface area contributed by atoms with Gasteiger partial charge in [0.1, 0.15) is 0 Å². The molecule has 1 N–H and O–H groups in total. The molecule has 0 saturated heterocycles. The van der Waals surface area contributed by atoms with E-state index in [1.807, 2.05) is 7.05 Å². The highest BCUT2D eigenvalue weighted by Gasteiger charge is 2.27. The summed E-state index contributed by atoms with van der Waals surface area (Å²) >= 11 is 0. The van der Waals surface area contributed by atoms with E-state index in [9.17, 15) is 0 Å². The van der Waals surface area contributed by atoms with Crippen LogP contribution in [0.2, 0.25) is 0 Å². The predicted molar refractivity (Wildman–Crippen MR) is 64.4 cm³/mol. The minimum atomic E-state index is 0.221. The van der Waals surface area contributed by atoms with Crippen molar-refractivity contribution < 1.29 is 0 Å².